The van der Waals surface area contributed by atoms with Gasteiger partial charge in [-0.15, -0.1) is 11.3 Å². The molecule has 6 nitrogen and oxygen atoms in total. The molecule has 0 bridgehead atoms. The second-order valence-electron chi connectivity index (χ2n) is 7.82. The van der Waals surface area contributed by atoms with Crippen LogP contribution in [0.5, 0.6) is 0 Å². The van der Waals surface area contributed by atoms with E-state index in [2.05, 4.69) is 76.5 Å². The number of aliphatic imine (C=N–C) groups is 1. The van der Waals surface area contributed by atoms with Crippen LogP contribution in [0.1, 0.15) is 34.5 Å². The predicted octanol–water partition coefficient (Wildman–Crippen LogP) is 3.02. The molecule has 1 aromatic carbocycles. The highest BCUT2D eigenvalue weighted by atomic mass is 32.1. The summed E-state index contributed by atoms with van der Waals surface area (Å²) in [5, 5.41) is 7.94. The second kappa shape index (κ2) is 12.0. The van der Waals surface area contributed by atoms with E-state index < -0.39 is 0 Å². The maximum atomic E-state index is 4.74. The van der Waals surface area contributed by atoms with Crippen LogP contribution in [0.15, 0.2) is 35.3 Å². The van der Waals surface area contributed by atoms with Crippen LogP contribution in [0, 0.1) is 13.8 Å². The molecule has 1 saturated heterocycles. The van der Waals surface area contributed by atoms with Gasteiger partial charge in [0.15, 0.2) is 5.96 Å². The molecule has 1 aliphatic rings. The number of nitrogens with zero attached hydrogens (tertiary/aromatic N) is 4. The molecule has 7 heteroatoms. The first kappa shape index (κ1) is 22.7. The van der Waals surface area contributed by atoms with E-state index in [9.17, 15) is 0 Å². The van der Waals surface area contributed by atoms with Crippen molar-refractivity contribution in [1.82, 2.24) is 25.4 Å². The maximum Gasteiger partial charge on any atom is 0.191 e. The first-order valence-corrected chi connectivity index (χ1v) is 11.9. The molecule has 1 fully saturated rings. The number of piperazine rings is 1. The largest absolute Gasteiger partial charge is 0.357 e. The van der Waals surface area contributed by atoms with Crippen LogP contribution in [0.4, 0.5) is 0 Å². The predicted molar refractivity (Wildman–Crippen MR) is 127 cm³/mol. The molecule has 30 heavy (non-hydrogen) atoms. The van der Waals surface area contributed by atoms with Gasteiger partial charge in [0.05, 0.1) is 17.2 Å². The first-order valence-electron chi connectivity index (χ1n) is 11.1. The summed E-state index contributed by atoms with van der Waals surface area (Å²) in [7, 11) is 0. The molecular formula is C23H36N6S. The Balaban J connectivity index is 1.34. The lowest BCUT2D eigenvalue weighted by Gasteiger charge is -2.34. The number of thiazole rings is 1. The molecule has 0 atom stereocenters. The zero-order valence-electron chi connectivity index (χ0n) is 18.7. The number of aryl methyl sites for hydroxylation is 2. The Kier molecular flexibility index (Phi) is 9.11. The van der Waals surface area contributed by atoms with Crippen LogP contribution >= 0.6 is 11.3 Å². The second-order valence-corrected chi connectivity index (χ2v) is 9.11. The molecule has 0 aliphatic carbocycles. The van der Waals surface area contributed by atoms with Gasteiger partial charge in [0.2, 0.25) is 0 Å². The zero-order valence-corrected chi connectivity index (χ0v) is 19.5. The fraction of sp³-hybridized carbons (Fsp3) is 0.565. The molecule has 2 aromatic rings. The van der Waals surface area contributed by atoms with Crippen molar-refractivity contribution in [3.05, 3.63) is 51.5 Å². The minimum absolute atomic E-state index is 0.691. The minimum Gasteiger partial charge on any atom is -0.357 e. The van der Waals surface area contributed by atoms with Gasteiger partial charge in [-0.1, -0.05) is 30.3 Å². The van der Waals surface area contributed by atoms with Gasteiger partial charge < -0.3 is 15.5 Å². The smallest absolute Gasteiger partial charge is 0.191 e. The van der Waals surface area contributed by atoms with Crippen LogP contribution in [0.25, 0.3) is 0 Å². The molecule has 2 heterocycles. The van der Waals surface area contributed by atoms with E-state index >= 15 is 0 Å². The standard InChI is InChI=1S/C23H36N6S/c1-4-24-23(26-17-22-19(2)27-20(3)30-22)25-11-8-12-28-13-15-29(16-14-28)18-21-9-6-5-7-10-21/h5-7,9-10H,4,8,11-18H2,1-3H3,(H2,24,25,26). The van der Waals surface area contributed by atoms with Crippen LogP contribution < -0.4 is 10.6 Å². The molecule has 0 saturated carbocycles. The van der Waals surface area contributed by atoms with E-state index in [0.717, 1.165) is 75.4 Å². The van der Waals surface area contributed by atoms with E-state index in [1.54, 1.807) is 11.3 Å². The molecular weight excluding hydrogens is 392 g/mol. The van der Waals surface area contributed by atoms with Crippen LogP contribution in [-0.4, -0.2) is 66.6 Å². The van der Waals surface area contributed by atoms with Gasteiger partial charge in [-0.3, -0.25) is 4.90 Å². The lowest BCUT2D eigenvalue weighted by molar-refractivity contribution is 0.126. The Morgan fingerprint density at radius 1 is 1.07 bits per heavy atom. The zero-order chi connectivity index (χ0) is 21.2. The quantitative estimate of drug-likeness (QED) is 0.365. The molecule has 0 unspecified atom stereocenters. The summed E-state index contributed by atoms with van der Waals surface area (Å²) in [6, 6.07) is 10.8. The Hall–Kier alpha value is -1.96. The van der Waals surface area contributed by atoms with Gasteiger partial charge in [-0.05, 0) is 39.3 Å². The molecule has 164 valence electrons. The van der Waals surface area contributed by atoms with E-state index in [4.69, 9.17) is 4.99 Å². The lowest BCUT2D eigenvalue weighted by Crippen LogP contribution is -2.46. The highest BCUT2D eigenvalue weighted by molar-refractivity contribution is 7.11. The first-order chi connectivity index (χ1) is 14.6. The number of aromatic nitrogens is 1. The van der Waals surface area contributed by atoms with E-state index in [-0.39, 0.29) is 0 Å². The van der Waals surface area contributed by atoms with Crippen molar-refractivity contribution >= 4 is 17.3 Å². The molecule has 0 spiro atoms. The Bertz CT molecular complexity index is 780. The average Bonchev–Trinajstić information content (AvgIpc) is 3.08. The van der Waals surface area contributed by atoms with Gasteiger partial charge in [0, 0.05) is 50.7 Å². The summed E-state index contributed by atoms with van der Waals surface area (Å²) in [6.07, 6.45) is 1.13. The highest BCUT2D eigenvalue weighted by Crippen LogP contribution is 2.17. The van der Waals surface area contributed by atoms with Gasteiger partial charge >= 0.3 is 0 Å². The monoisotopic (exact) mass is 428 g/mol. The summed E-state index contributed by atoms with van der Waals surface area (Å²) >= 11 is 1.74. The third kappa shape index (κ3) is 7.38. The third-order valence-corrected chi connectivity index (χ3v) is 6.44. The normalized spacial score (nSPS) is 16.0. The highest BCUT2D eigenvalue weighted by Gasteiger charge is 2.16. The Morgan fingerprint density at radius 3 is 2.47 bits per heavy atom. The summed E-state index contributed by atoms with van der Waals surface area (Å²) in [5.74, 6) is 0.899. The van der Waals surface area contributed by atoms with Gasteiger partial charge in [0.25, 0.3) is 0 Å². The van der Waals surface area contributed by atoms with Gasteiger partial charge in [-0.25, -0.2) is 9.98 Å². The molecule has 0 amide bonds. The number of rotatable bonds is 9. The molecule has 3 rings (SSSR count). The van der Waals surface area contributed by atoms with Crippen molar-refractivity contribution in [2.24, 2.45) is 4.99 Å². The van der Waals surface area contributed by atoms with Gasteiger partial charge in [-0.2, -0.15) is 0 Å². The summed E-state index contributed by atoms with van der Waals surface area (Å²) in [6.45, 7) is 15.5. The topological polar surface area (TPSA) is 55.8 Å². The summed E-state index contributed by atoms with van der Waals surface area (Å²) in [4.78, 5) is 15.6. The number of hydrogen-bond donors (Lipinski definition) is 2. The number of nitrogens with one attached hydrogen (secondary N) is 2. The fourth-order valence-electron chi connectivity index (χ4n) is 3.73. The van der Waals surface area contributed by atoms with Crippen molar-refractivity contribution in [2.75, 3.05) is 45.8 Å². The summed E-state index contributed by atoms with van der Waals surface area (Å²) in [5.41, 5.74) is 2.51. The van der Waals surface area contributed by atoms with Crippen molar-refractivity contribution < 1.29 is 0 Å². The number of benzene rings is 1. The summed E-state index contributed by atoms with van der Waals surface area (Å²) < 4.78 is 0. The Labute approximate surface area is 185 Å². The third-order valence-electron chi connectivity index (χ3n) is 5.38. The molecule has 1 aliphatic heterocycles. The van der Waals surface area contributed by atoms with Crippen molar-refractivity contribution in [1.29, 1.82) is 0 Å². The maximum absolute atomic E-state index is 4.74. The molecule has 1 aromatic heterocycles. The van der Waals surface area contributed by atoms with E-state index in [1.165, 1.54) is 10.4 Å². The number of hydrogen-bond acceptors (Lipinski definition) is 5. The van der Waals surface area contributed by atoms with Crippen molar-refractivity contribution in [2.45, 2.75) is 40.3 Å². The average molecular weight is 429 g/mol. The fourth-order valence-corrected chi connectivity index (χ4v) is 4.60. The Morgan fingerprint density at radius 2 is 1.80 bits per heavy atom. The minimum atomic E-state index is 0.691. The van der Waals surface area contributed by atoms with Crippen LogP contribution in [0.3, 0.4) is 0 Å². The van der Waals surface area contributed by atoms with E-state index in [0.29, 0.717) is 6.54 Å². The molecule has 2 N–H and O–H groups in total. The van der Waals surface area contributed by atoms with Crippen molar-refractivity contribution in [3.63, 3.8) is 0 Å². The molecule has 0 radical (unpaired) electrons. The van der Waals surface area contributed by atoms with Crippen molar-refractivity contribution in [3.8, 4) is 0 Å². The van der Waals surface area contributed by atoms with E-state index in [1.807, 2.05) is 0 Å². The SMILES string of the molecule is CCNC(=NCc1sc(C)nc1C)NCCCN1CCN(Cc2ccccc2)CC1. The van der Waals surface area contributed by atoms with Gasteiger partial charge in [0.1, 0.15) is 0 Å². The lowest BCUT2D eigenvalue weighted by atomic mass is 10.2. The van der Waals surface area contributed by atoms with Crippen LogP contribution in [-0.2, 0) is 13.1 Å². The number of guanidine groups is 1. The van der Waals surface area contributed by atoms with Crippen LogP contribution in [0.2, 0.25) is 0 Å².